The van der Waals surface area contributed by atoms with Crippen LogP contribution in [0.15, 0.2) is 82.9 Å². The lowest BCUT2D eigenvalue weighted by Crippen LogP contribution is -2.31. The molecule has 1 unspecified atom stereocenters. The fraction of sp³-hybridized carbons (Fsp3) is 0.261. The highest BCUT2D eigenvalue weighted by Crippen LogP contribution is 2.31. The predicted octanol–water partition coefficient (Wildman–Crippen LogP) is 3.62. The summed E-state index contributed by atoms with van der Waals surface area (Å²) >= 11 is 1.53. The van der Waals surface area contributed by atoms with Crippen molar-refractivity contribution in [1.82, 2.24) is 14.9 Å². The quantitative estimate of drug-likeness (QED) is 0.610. The van der Waals surface area contributed by atoms with Gasteiger partial charge in [0, 0.05) is 36.9 Å². The number of fused-ring (bicyclic) bond motifs is 1. The summed E-state index contributed by atoms with van der Waals surface area (Å²) in [5, 5.41) is 3.74. The molecule has 6 heteroatoms. The van der Waals surface area contributed by atoms with Gasteiger partial charge < -0.3 is 5.32 Å². The summed E-state index contributed by atoms with van der Waals surface area (Å²) in [6.07, 6.45) is 2.64. The minimum absolute atomic E-state index is 0.0286. The number of hydrogen-bond acceptors (Lipinski definition) is 4. The van der Waals surface area contributed by atoms with Crippen LogP contribution in [0.1, 0.15) is 35.9 Å². The summed E-state index contributed by atoms with van der Waals surface area (Å²) in [5.74, 6) is 0.905. The molecule has 0 bridgehead atoms. The SMILES string of the molecule is O=C(CC1CSc2nccc(=O)n21)NCCC(c1ccccc1)c1ccccc1. The standard InChI is InChI=1S/C23H23N3O2S/c27-21(15-19-16-29-23-25-14-12-22(28)26(19)23)24-13-11-20(17-7-3-1-4-8-17)18-9-5-2-6-10-18/h1-10,12,14,19-20H,11,13,15-16H2,(H,24,27). The smallest absolute Gasteiger partial charge is 0.254 e. The topological polar surface area (TPSA) is 64.0 Å². The molecule has 0 spiro atoms. The molecular weight excluding hydrogens is 382 g/mol. The molecule has 1 atom stereocenters. The van der Waals surface area contributed by atoms with E-state index in [4.69, 9.17) is 0 Å². The van der Waals surface area contributed by atoms with Gasteiger partial charge in [-0.05, 0) is 17.5 Å². The average molecular weight is 406 g/mol. The van der Waals surface area contributed by atoms with Gasteiger partial charge in [0.05, 0.1) is 6.04 Å². The number of benzene rings is 2. The van der Waals surface area contributed by atoms with E-state index in [1.807, 2.05) is 36.4 Å². The lowest BCUT2D eigenvalue weighted by molar-refractivity contribution is -0.121. The molecule has 0 saturated heterocycles. The first-order valence-electron chi connectivity index (χ1n) is 9.79. The molecule has 5 nitrogen and oxygen atoms in total. The Morgan fingerprint density at radius 3 is 2.38 bits per heavy atom. The van der Waals surface area contributed by atoms with Crippen LogP contribution in [0.2, 0.25) is 0 Å². The number of hydrogen-bond donors (Lipinski definition) is 1. The summed E-state index contributed by atoms with van der Waals surface area (Å²) in [5.41, 5.74) is 2.39. The van der Waals surface area contributed by atoms with E-state index in [0.29, 0.717) is 23.9 Å². The fourth-order valence-corrected chi connectivity index (χ4v) is 4.90. The third-order valence-corrected chi connectivity index (χ3v) is 6.31. The van der Waals surface area contributed by atoms with Crippen molar-refractivity contribution in [3.63, 3.8) is 0 Å². The van der Waals surface area contributed by atoms with Crippen LogP contribution in [0.25, 0.3) is 0 Å². The van der Waals surface area contributed by atoms with Crippen LogP contribution in [0, 0.1) is 0 Å². The van der Waals surface area contributed by atoms with Crippen molar-refractivity contribution in [2.75, 3.05) is 12.3 Å². The van der Waals surface area contributed by atoms with Gasteiger partial charge in [0.25, 0.3) is 5.56 Å². The molecule has 1 N–H and O–H groups in total. The normalized spacial score (nSPS) is 15.3. The van der Waals surface area contributed by atoms with Crippen molar-refractivity contribution >= 4 is 17.7 Å². The van der Waals surface area contributed by atoms with Gasteiger partial charge in [-0.2, -0.15) is 0 Å². The van der Waals surface area contributed by atoms with E-state index < -0.39 is 0 Å². The van der Waals surface area contributed by atoms with Gasteiger partial charge in [-0.3, -0.25) is 14.2 Å². The van der Waals surface area contributed by atoms with Crippen molar-refractivity contribution in [1.29, 1.82) is 0 Å². The van der Waals surface area contributed by atoms with Crippen molar-refractivity contribution in [3.8, 4) is 0 Å². The van der Waals surface area contributed by atoms with Crippen molar-refractivity contribution in [2.24, 2.45) is 0 Å². The van der Waals surface area contributed by atoms with Crippen molar-refractivity contribution < 1.29 is 4.79 Å². The summed E-state index contributed by atoms with van der Waals surface area (Å²) in [6.45, 7) is 0.585. The zero-order valence-electron chi connectivity index (χ0n) is 16.0. The number of nitrogens with one attached hydrogen (secondary N) is 1. The molecule has 1 amide bonds. The third-order valence-electron chi connectivity index (χ3n) is 5.20. The molecule has 1 aromatic heterocycles. The lowest BCUT2D eigenvalue weighted by Gasteiger charge is -2.19. The fourth-order valence-electron chi connectivity index (χ4n) is 3.78. The molecule has 29 heavy (non-hydrogen) atoms. The molecule has 0 radical (unpaired) electrons. The highest BCUT2D eigenvalue weighted by Gasteiger charge is 2.26. The van der Waals surface area contributed by atoms with E-state index in [2.05, 4.69) is 34.6 Å². The highest BCUT2D eigenvalue weighted by atomic mass is 32.2. The zero-order valence-corrected chi connectivity index (χ0v) is 16.8. The lowest BCUT2D eigenvalue weighted by atomic mass is 9.88. The Bertz CT molecular complexity index is 982. The van der Waals surface area contributed by atoms with Crippen LogP contribution in [-0.2, 0) is 4.79 Å². The Kier molecular flexibility index (Phi) is 6.10. The number of thioether (sulfide) groups is 1. The predicted molar refractivity (Wildman–Crippen MR) is 115 cm³/mol. The van der Waals surface area contributed by atoms with E-state index >= 15 is 0 Å². The molecule has 2 aromatic carbocycles. The van der Waals surface area contributed by atoms with Gasteiger partial charge in [-0.1, -0.05) is 72.4 Å². The van der Waals surface area contributed by atoms with Gasteiger partial charge in [-0.15, -0.1) is 0 Å². The first kappa shape index (κ1) is 19.5. The number of amides is 1. The summed E-state index contributed by atoms with van der Waals surface area (Å²) in [4.78, 5) is 28.8. The number of nitrogens with zero attached hydrogens (tertiary/aromatic N) is 2. The molecule has 0 fully saturated rings. The largest absolute Gasteiger partial charge is 0.356 e. The van der Waals surface area contributed by atoms with Crippen molar-refractivity contribution in [2.45, 2.75) is 30.0 Å². The highest BCUT2D eigenvalue weighted by molar-refractivity contribution is 7.99. The Labute approximate surface area is 174 Å². The molecule has 1 aliphatic rings. The number of aromatic nitrogens is 2. The maximum atomic E-state index is 12.5. The molecule has 148 valence electrons. The first-order valence-corrected chi connectivity index (χ1v) is 10.8. The first-order chi connectivity index (χ1) is 14.2. The molecule has 4 rings (SSSR count). The molecule has 3 aromatic rings. The second kappa shape index (κ2) is 9.09. The van der Waals surface area contributed by atoms with E-state index in [1.54, 1.807) is 4.57 Å². The zero-order chi connectivity index (χ0) is 20.1. The average Bonchev–Trinajstić information content (AvgIpc) is 3.16. The van der Waals surface area contributed by atoms with Gasteiger partial charge in [0.1, 0.15) is 0 Å². The second-order valence-electron chi connectivity index (χ2n) is 7.12. The maximum Gasteiger partial charge on any atom is 0.254 e. The van der Waals surface area contributed by atoms with Crippen LogP contribution in [-0.4, -0.2) is 27.8 Å². The van der Waals surface area contributed by atoms with Crippen LogP contribution < -0.4 is 10.9 Å². The van der Waals surface area contributed by atoms with Gasteiger partial charge >= 0.3 is 0 Å². The molecule has 1 aliphatic heterocycles. The van der Waals surface area contributed by atoms with E-state index in [-0.39, 0.29) is 23.4 Å². The number of carbonyl (C=O) groups is 1. The van der Waals surface area contributed by atoms with Crippen LogP contribution in [0.3, 0.4) is 0 Å². The minimum Gasteiger partial charge on any atom is -0.356 e. The van der Waals surface area contributed by atoms with Gasteiger partial charge in [0.2, 0.25) is 5.91 Å². The summed E-state index contributed by atoms with van der Waals surface area (Å²) < 4.78 is 1.64. The van der Waals surface area contributed by atoms with Gasteiger partial charge in [0.15, 0.2) is 5.16 Å². The van der Waals surface area contributed by atoms with E-state index in [1.165, 1.54) is 35.2 Å². The Morgan fingerprint density at radius 1 is 1.07 bits per heavy atom. The monoisotopic (exact) mass is 405 g/mol. The molecule has 0 aliphatic carbocycles. The maximum absolute atomic E-state index is 12.5. The van der Waals surface area contributed by atoms with Crippen LogP contribution >= 0.6 is 11.8 Å². The Morgan fingerprint density at radius 2 is 1.72 bits per heavy atom. The van der Waals surface area contributed by atoms with Gasteiger partial charge in [-0.25, -0.2) is 4.98 Å². The van der Waals surface area contributed by atoms with E-state index in [0.717, 1.165) is 6.42 Å². The Hall–Kier alpha value is -2.86. The molecular formula is C23H23N3O2S. The minimum atomic E-state index is -0.129. The van der Waals surface area contributed by atoms with Crippen molar-refractivity contribution in [3.05, 3.63) is 94.4 Å². The van der Waals surface area contributed by atoms with Crippen LogP contribution in [0.4, 0.5) is 0 Å². The summed E-state index contributed by atoms with van der Waals surface area (Å²) in [6, 6.07) is 22.1. The number of rotatable bonds is 7. The molecule has 2 heterocycles. The second-order valence-corrected chi connectivity index (χ2v) is 8.10. The Balaban J connectivity index is 1.37. The van der Waals surface area contributed by atoms with Crippen LogP contribution in [0.5, 0.6) is 0 Å². The summed E-state index contributed by atoms with van der Waals surface area (Å²) in [7, 11) is 0. The van der Waals surface area contributed by atoms with E-state index in [9.17, 15) is 9.59 Å². The molecule has 0 saturated carbocycles. The number of carbonyl (C=O) groups excluding carboxylic acids is 1. The third kappa shape index (κ3) is 4.59.